The van der Waals surface area contributed by atoms with Crippen molar-refractivity contribution in [1.29, 1.82) is 0 Å². The first-order valence-corrected chi connectivity index (χ1v) is 9.19. The molecule has 0 aliphatic carbocycles. The van der Waals surface area contributed by atoms with Crippen molar-refractivity contribution in [3.63, 3.8) is 0 Å². The van der Waals surface area contributed by atoms with Gasteiger partial charge in [-0.3, -0.25) is 4.79 Å². The van der Waals surface area contributed by atoms with Gasteiger partial charge >= 0.3 is 0 Å². The molecule has 6 nitrogen and oxygen atoms in total. The van der Waals surface area contributed by atoms with E-state index in [1.54, 1.807) is 25.3 Å². The largest absolute Gasteiger partial charge is 0.383 e. The lowest BCUT2D eigenvalue weighted by molar-refractivity contribution is 0.102. The Kier molecular flexibility index (Phi) is 6.57. The molecule has 2 aromatic carbocycles. The number of hydrogen-bond donors (Lipinski definition) is 2. The standard InChI is InChI=1S/C21H21ClN4O2/c1-14-8-9-16(12-17(14)22)24-21(27)18-13-19(23-10-11-28-2)26-20(25-18)15-6-4-3-5-7-15/h3-9,12-13H,10-11H2,1-2H3,(H,24,27)(H,23,25,26). The molecule has 1 amide bonds. The summed E-state index contributed by atoms with van der Waals surface area (Å²) in [5.74, 6) is 0.683. The number of hydrogen-bond acceptors (Lipinski definition) is 5. The maximum atomic E-state index is 12.8. The predicted molar refractivity (Wildman–Crippen MR) is 112 cm³/mol. The normalized spacial score (nSPS) is 10.5. The monoisotopic (exact) mass is 396 g/mol. The van der Waals surface area contributed by atoms with Crippen LogP contribution in [0.4, 0.5) is 11.5 Å². The van der Waals surface area contributed by atoms with E-state index >= 15 is 0 Å². The van der Waals surface area contributed by atoms with Crippen molar-refractivity contribution in [2.24, 2.45) is 0 Å². The van der Waals surface area contributed by atoms with E-state index in [1.807, 2.05) is 43.3 Å². The van der Waals surface area contributed by atoms with E-state index in [4.69, 9.17) is 16.3 Å². The Morgan fingerprint density at radius 2 is 1.89 bits per heavy atom. The third-order valence-corrected chi connectivity index (χ3v) is 4.44. The Morgan fingerprint density at radius 1 is 1.11 bits per heavy atom. The number of benzene rings is 2. The third-order valence-electron chi connectivity index (χ3n) is 4.03. The second-order valence-electron chi connectivity index (χ2n) is 6.17. The fourth-order valence-electron chi connectivity index (χ4n) is 2.52. The molecule has 0 spiro atoms. The molecule has 7 heteroatoms. The Labute approximate surface area is 168 Å². The molecule has 0 aliphatic heterocycles. The van der Waals surface area contributed by atoms with Gasteiger partial charge in [-0.15, -0.1) is 0 Å². The van der Waals surface area contributed by atoms with Crippen molar-refractivity contribution in [2.75, 3.05) is 30.9 Å². The van der Waals surface area contributed by atoms with E-state index in [2.05, 4.69) is 20.6 Å². The zero-order valence-electron chi connectivity index (χ0n) is 15.7. The van der Waals surface area contributed by atoms with Crippen molar-refractivity contribution in [1.82, 2.24) is 9.97 Å². The summed E-state index contributed by atoms with van der Waals surface area (Å²) >= 11 is 6.15. The number of carbonyl (C=O) groups is 1. The van der Waals surface area contributed by atoms with E-state index in [9.17, 15) is 4.79 Å². The first-order chi connectivity index (χ1) is 13.6. The van der Waals surface area contributed by atoms with Gasteiger partial charge in [-0.1, -0.05) is 48.0 Å². The minimum atomic E-state index is -0.339. The maximum Gasteiger partial charge on any atom is 0.274 e. The summed E-state index contributed by atoms with van der Waals surface area (Å²) in [5, 5.41) is 6.58. The zero-order valence-corrected chi connectivity index (χ0v) is 16.5. The van der Waals surface area contributed by atoms with Crippen molar-refractivity contribution in [3.05, 3.63) is 70.9 Å². The van der Waals surface area contributed by atoms with Crippen molar-refractivity contribution < 1.29 is 9.53 Å². The zero-order chi connectivity index (χ0) is 19.9. The minimum Gasteiger partial charge on any atom is -0.383 e. The van der Waals surface area contributed by atoms with Crippen molar-refractivity contribution in [2.45, 2.75) is 6.92 Å². The molecule has 1 heterocycles. The molecule has 1 aromatic heterocycles. The molecule has 2 N–H and O–H groups in total. The second kappa shape index (κ2) is 9.30. The smallest absolute Gasteiger partial charge is 0.274 e. The number of aryl methyl sites for hydroxylation is 1. The average molecular weight is 397 g/mol. The van der Waals surface area contributed by atoms with Crippen LogP contribution in [0.2, 0.25) is 5.02 Å². The average Bonchev–Trinajstić information content (AvgIpc) is 2.71. The third kappa shape index (κ3) is 5.06. The van der Waals surface area contributed by atoms with E-state index in [0.29, 0.717) is 35.5 Å². The van der Waals surface area contributed by atoms with Crippen LogP contribution in [-0.4, -0.2) is 36.1 Å². The maximum absolute atomic E-state index is 12.8. The highest BCUT2D eigenvalue weighted by molar-refractivity contribution is 6.31. The highest BCUT2D eigenvalue weighted by atomic mass is 35.5. The van der Waals surface area contributed by atoms with Crippen LogP contribution < -0.4 is 10.6 Å². The first-order valence-electron chi connectivity index (χ1n) is 8.81. The number of rotatable bonds is 7. The molecule has 144 valence electrons. The highest BCUT2D eigenvalue weighted by Crippen LogP contribution is 2.22. The molecular formula is C21H21ClN4O2. The Morgan fingerprint density at radius 3 is 2.61 bits per heavy atom. The van der Waals surface area contributed by atoms with E-state index in [-0.39, 0.29) is 11.6 Å². The van der Waals surface area contributed by atoms with Gasteiger partial charge in [-0.05, 0) is 24.6 Å². The van der Waals surface area contributed by atoms with Gasteiger partial charge in [0.15, 0.2) is 5.82 Å². The molecule has 3 aromatic rings. The predicted octanol–water partition coefficient (Wildman–Crippen LogP) is 4.42. The fourth-order valence-corrected chi connectivity index (χ4v) is 2.70. The molecule has 0 bridgehead atoms. The first kappa shape index (κ1) is 19.8. The van der Waals surface area contributed by atoms with Crippen LogP contribution in [0.25, 0.3) is 11.4 Å². The molecular weight excluding hydrogens is 376 g/mol. The van der Waals surface area contributed by atoms with Gasteiger partial charge in [0.1, 0.15) is 11.5 Å². The van der Waals surface area contributed by atoms with Crippen LogP contribution in [0.1, 0.15) is 16.1 Å². The highest BCUT2D eigenvalue weighted by Gasteiger charge is 2.14. The number of methoxy groups -OCH3 is 1. The number of halogens is 1. The molecule has 0 fully saturated rings. The van der Waals surface area contributed by atoms with Gasteiger partial charge in [0.05, 0.1) is 6.61 Å². The molecule has 0 aliphatic rings. The summed E-state index contributed by atoms with van der Waals surface area (Å²) in [5.41, 5.74) is 2.63. The molecule has 0 unspecified atom stereocenters. The fraction of sp³-hybridized carbons (Fsp3) is 0.190. The summed E-state index contributed by atoms with van der Waals surface area (Å²) in [6.45, 7) is 2.99. The van der Waals surface area contributed by atoms with Gasteiger partial charge in [0.25, 0.3) is 5.91 Å². The van der Waals surface area contributed by atoms with Gasteiger partial charge in [-0.2, -0.15) is 0 Å². The number of aromatic nitrogens is 2. The molecule has 3 rings (SSSR count). The van der Waals surface area contributed by atoms with Crippen LogP contribution in [-0.2, 0) is 4.74 Å². The topological polar surface area (TPSA) is 76.1 Å². The van der Waals surface area contributed by atoms with Crippen LogP contribution in [0.3, 0.4) is 0 Å². The molecule has 0 saturated carbocycles. The van der Waals surface area contributed by atoms with Crippen LogP contribution in [0.15, 0.2) is 54.6 Å². The lowest BCUT2D eigenvalue weighted by atomic mass is 10.2. The SMILES string of the molecule is COCCNc1cc(C(=O)Nc2ccc(C)c(Cl)c2)nc(-c2ccccc2)n1. The van der Waals surface area contributed by atoms with Gasteiger partial charge in [-0.25, -0.2) is 9.97 Å². The van der Waals surface area contributed by atoms with E-state index < -0.39 is 0 Å². The minimum absolute atomic E-state index is 0.255. The number of nitrogens with zero attached hydrogens (tertiary/aromatic N) is 2. The summed E-state index contributed by atoms with van der Waals surface area (Å²) < 4.78 is 5.06. The molecule has 28 heavy (non-hydrogen) atoms. The van der Waals surface area contributed by atoms with Crippen LogP contribution >= 0.6 is 11.6 Å². The van der Waals surface area contributed by atoms with Crippen molar-refractivity contribution in [3.8, 4) is 11.4 Å². The molecule has 0 saturated heterocycles. The van der Waals surface area contributed by atoms with Gasteiger partial charge < -0.3 is 15.4 Å². The Balaban J connectivity index is 1.90. The summed E-state index contributed by atoms with van der Waals surface area (Å²) in [7, 11) is 1.63. The lowest BCUT2D eigenvalue weighted by Gasteiger charge is -2.11. The lowest BCUT2D eigenvalue weighted by Crippen LogP contribution is -2.16. The Hall–Kier alpha value is -2.96. The number of anilines is 2. The quantitative estimate of drug-likeness (QED) is 0.578. The molecule has 0 atom stereocenters. The molecule has 0 radical (unpaired) electrons. The van der Waals surface area contributed by atoms with E-state index in [1.165, 1.54) is 0 Å². The van der Waals surface area contributed by atoms with Crippen LogP contribution in [0, 0.1) is 6.92 Å². The summed E-state index contributed by atoms with van der Waals surface area (Å²) in [4.78, 5) is 21.7. The van der Waals surface area contributed by atoms with E-state index in [0.717, 1.165) is 11.1 Å². The van der Waals surface area contributed by atoms with Gasteiger partial charge in [0, 0.05) is 36.0 Å². The number of amides is 1. The second-order valence-corrected chi connectivity index (χ2v) is 6.57. The van der Waals surface area contributed by atoms with Crippen molar-refractivity contribution >= 4 is 29.0 Å². The summed E-state index contributed by atoms with van der Waals surface area (Å²) in [6.07, 6.45) is 0. The number of nitrogens with one attached hydrogen (secondary N) is 2. The number of carbonyl (C=O) groups excluding carboxylic acids is 1. The number of ether oxygens (including phenoxy) is 1. The van der Waals surface area contributed by atoms with Crippen LogP contribution in [0.5, 0.6) is 0 Å². The Bertz CT molecular complexity index is 964. The summed E-state index contributed by atoms with van der Waals surface area (Å²) in [6, 6.07) is 16.5. The van der Waals surface area contributed by atoms with Gasteiger partial charge in [0.2, 0.25) is 0 Å².